The van der Waals surface area contributed by atoms with Gasteiger partial charge in [-0.15, -0.1) is 0 Å². The molecule has 3 aromatic rings. The molecule has 9 heteroatoms. The topological polar surface area (TPSA) is 98.5 Å². The number of methoxy groups -OCH3 is 3. The SMILES string of the molecule is COc1cc(/C=C\C(=O)OCc2cc(-c3ccc4c(c3)OCO4)on2)cc(OC)c1OC. The predicted molar refractivity (Wildman–Crippen MR) is 113 cm³/mol. The van der Waals surface area contributed by atoms with Crippen LogP contribution in [-0.4, -0.2) is 39.2 Å². The molecule has 1 aromatic heterocycles. The van der Waals surface area contributed by atoms with Gasteiger partial charge in [0.1, 0.15) is 12.3 Å². The van der Waals surface area contributed by atoms with Crippen LogP contribution in [0.3, 0.4) is 0 Å². The first-order valence-electron chi connectivity index (χ1n) is 9.61. The molecule has 2 heterocycles. The maximum atomic E-state index is 12.1. The molecule has 0 fully saturated rings. The van der Waals surface area contributed by atoms with Gasteiger partial charge >= 0.3 is 5.97 Å². The van der Waals surface area contributed by atoms with Gasteiger partial charge in [-0.25, -0.2) is 4.79 Å². The second-order valence-electron chi connectivity index (χ2n) is 6.65. The summed E-state index contributed by atoms with van der Waals surface area (Å²) >= 11 is 0. The van der Waals surface area contributed by atoms with Gasteiger partial charge in [-0.2, -0.15) is 0 Å². The summed E-state index contributed by atoms with van der Waals surface area (Å²) < 4.78 is 37.2. The quantitative estimate of drug-likeness (QED) is 0.383. The van der Waals surface area contributed by atoms with Crippen molar-refractivity contribution in [1.82, 2.24) is 5.16 Å². The van der Waals surface area contributed by atoms with Crippen molar-refractivity contribution < 1.29 is 37.7 Å². The first-order chi connectivity index (χ1) is 15.6. The molecule has 2 aromatic carbocycles. The molecule has 0 aliphatic carbocycles. The lowest BCUT2D eigenvalue weighted by molar-refractivity contribution is -0.139. The Labute approximate surface area is 184 Å². The summed E-state index contributed by atoms with van der Waals surface area (Å²) in [5.74, 6) is 2.76. The van der Waals surface area contributed by atoms with Crippen molar-refractivity contribution in [2.24, 2.45) is 0 Å². The number of carbonyl (C=O) groups excluding carboxylic acids is 1. The molecule has 0 unspecified atom stereocenters. The summed E-state index contributed by atoms with van der Waals surface area (Å²) in [5, 5.41) is 3.95. The van der Waals surface area contributed by atoms with E-state index in [1.807, 2.05) is 6.07 Å². The molecule has 1 aliphatic heterocycles. The molecule has 0 saturated heterocycles. The van der Waals surface area contributed by atoms with Crippen molar-refractivity contribution in [3.8, 4) is 40.1 Å². The largest absolute Gasteiger partial charge is 0.493 e. The summed E-state index contributed by atoms with van der Waals surface area (Å²) in [6, 6.07) is 10.6. The third kappa shape index (κ3) is 4.46. The Balaban J connectivity index is 1.38. The number of fused-ring (bicyclic) bond motifs is 1. The summed E-state index contributed by atoms with van der Waals surface area (Å²) in [5.41, 5.74) is 1.94. The second-order valence-corrected chi connectivity index (χ2v) is 6.65. The Bertz CT molecular complexity index is 1130. The van der Waals surface area contributed by atoms with E-state index in [1.165, 1.54) is 27.4 Å². The van der Waals surface area contributed by atoms with Crippen molar-refractivity contribution >= 4 is 12.0 Å². The molecule has 0 N–H and O–H groups in total. The van der Waals surface area contributed by atoms with E-state index in [2.05, 4.69) is 5.16 Å². The van der Waals surface area contributed by atoms with Crippen molar-refractivity contribution in [1.29, 1.82) is 0 Å². The standard InChI is InChI=1S/C23H21NO8/c1-26-20-8-14(9-21(27-2)23(20)28-3)4-7-22(25)29-12-16-11-18(32-24-16)15-5-6-17-19(10-15)31-13-30-17/h4-11H,12-13H2,1-3H3/b7-4-. The summed E-state index contributed by atoms with van der Waals surface area (Å²) in [6.07, 6.45) is 2.90. The van der Waals surface area contributed by atoms with Crippen LogP contribution in [0.4, 0.5) is 0 Å². The van der Waals surface area contributed by atoms with Gasteiger partial charge in [-0.3, -0.25) is 0 Å². The Hall–Kier alpha value is -4.14. The molecular formula is C23H21NO8. The van der Waals surface area contributed by atoms with Crippen molar-refractivity contribution in [3.05, 3.63) is 53.7 Å². The highest BCUT2D eigenvalue weighted by atomic mass is 16.7. The van der Waals surface area contributed by atoms with Crippen LogP contribution in [0.2, 0.25) is 0 Å². The zero-order valence-corrected chi connectivity index (χ0v) is 17.7. The molecule has 4 rings (SSSR count). The van der Waals surface area contributed by atoms with Gasteiger partial charge in [0.2, 0.25) is 12.5 Å². The van der Waals surface area contributed by atoms with Gasteiger partial charge in [0.25, 0.3) is 0 Å². The fourth-order valence-corrected chi connectivity index (χ4v) is 3.12. The molecule has 32 heavy (non-hydrogen) atoms. The summed E-state index contributed by atoms with van der Waals surface area (Å²) in [7, 11) is 4.57. The third-order valence-electron chi connectivity index (χ3n) is 4.68. The van der Waals surface area contributed by atoms with E-state index >= 15 is 0 Å². The highest BCUT2D eigenvalue weighted by Gasteiger charge is 2.16. The fraction of sp³-hybridized carbons (Fsp3) is 0.217. The number of carbonyl (C=O) groups is 1. The van der Waals surface area contributed by atoms with Crippen molar-refractivity contribution in [2.75, 3.05) is 28.1 Å². The van der Waals surface area contributed by atoms with Crippen LogP contribution >= 0.6 is 0 Å². The monoisotopic (exact) mass is 439 g/mol. The lowest BCUT2D eigenvalue weighted by atomic mass is 10.1. The van der Waals surface area contributed by atoms with Crippen LogP contribution in [0.5, 0.6) is 28.7 Å². The molecule has 166 valence electrons. The number of aromatic nitrogens is 1. The lowest BCUT2D eigenvalue weighted by Crippen LogP contribution is -2.01. The normalized spacial score (nSPS) is 12.1. The Morgan fingerprint density at radius 3 is 2.47 bits per heavy atom. The fourth-order valence-electron chi connectivity index (χ4n) is 3.12. The number of benzene rings is 2. The summed E-state index contributed by atoms with van der Waals surface area (Å²) in [6.45, 7) is 0.159. The zero-order valence-electron chi connectivity index (χ0n) is 17.7. The van der Waals surface area contributed by atoms with E-state index in [-0.39, 0.29) is 13.4 Å². The second kappa shape index (κ2) is 9.34. The number of rotatable bonds is 8. The number of hydrogen-bond acceptors (Lipinski definition) is 9. The van der Waals surface area contributed by atoms with E-state index in [4.69, 9.17) is 32.9 Å². The van der Waals surface area contributed by atoms with Gasteiger partial charge in [0.05, 0.1) is 21.3 Å². The van der Waals surface area contributed by atoms with E-state index in [1.54, 1.807) is 36.4 Å². The van der Waals surface area contributed by atoms with Crippen LogP contribution in [0.25, 0.3) is 17.4 Å². The van der Waals surface area contributed by atoms with E-state index in [0.29, 0.717) is 45.8 Å². The third-order valence-corrected chi connectivity index (χ3v) is 4.68. The Morgan fingerprint density at radius 1 is 1.00 bits per heavy atom. The lowest BCUT2D eigenvalue weighted by Gasteiger charge is -2.12. The van der Waals surface area contributed by atoms with Gasteiger partial charge < -0.3 is 32.9 Å². The van der Waals surface area contributed by atoms with Crippen molar-refractivity contribution in [2.45, 2.75) is 6.61 Å². The Kier molecular flexibility index (Phi) is 6.16. The van der Waals surface area contributed by atoms with Crippen LogP contribution in [-0.2, 0) is 16.1 Å². The molecule has 0 atom stereocenters. The number of hydrogen-bond donors (Lipinski definition) is 0. The molecule has 0 saturated carbocycles. The van der Waals surface area contributed by atoms with E-state index < -0.39 is 5.97 Å². The highest BCUT2D eigenvalue weighted by Crippen LogP contribution is 2.38. The van der Waals surface area contributed by atoms with Crippen LogP contribution in [0, 0.1) is 0 Å². The average molecular weight is 439 g/mol. The number of ether oxygens (including phenoxy) is 6. The molecule has 0 bridgehead atoms. The van der Waals surface area contributed by atoms with Gasteiger partial charge in [0.15, 0.2) is 28.8 Å². The van der Waals surface area contributed by atoms with Gasteiger partial charge in [-0.1, -0.05) is 5.16 Å². The minimum Gasteiger partial charge on any atom is -0.493 e. The minimum atomic E-state index is -0.536. The van der Waals surface area contributed by atoms with Crippen LogP contribution < -0.4 is 23.7 Å². The first-order valence-corrected chi connectivity index (χ1v) is 9.61. The minimum absolute atomic E-state index is 0.0352. The zero-order chi connectivity index (χ0) is 22.5. The summed E-state index contributed by atoms with van der Waals surface area (Å²) in [4.78, 5) is 12.1. The van der Waals surface area contributed by atoms with Crippen LogP contribution in [0.15, 0.2) is 47.0 Å². The van der Waals surface area contributed by atoms with Gasteiger partial charge in [0, 0.05) is 17.7 Å². The maximum absolute atomic E-state index is 12.1. The Morgan fingerprint density at radius 2 is 1.75 bits per heavy atom. The van der Waals surface area contributed by atoms with E-state index in [0.717, 1.165) is 5.56 Å². The van der Waals surface area contributed by atoms with Crippen LogP contribution in [0.1, 0.15) is 11.3 Å². The maximum Gasteiger partial charge on any atom is 0.331 e. The molecule has 0 spiro atoms. The van der Waals surface area contributed by atoms with Crippen molar-refractivity contribution in [3.63, 3.8) is 0 Å². The molecular weight excluding hydrogens is 418 g/mol. The molecule has 0 radical (unpaired) electrons. The first kappa shape index (κ1) is 21.1. The van der Waals surface area contributed by atoms with E-state index in [9.17, 15) is 4.79 Å². The van der Waals surface area contributed by atoms with Gasteiger partial charge in [-0.05, 0) is 42.0 Å². The average Bonchev–Trinajstić information content (AvgIpc) is 3.49. The highest BCUT2D eigenvalue weighted by molar-refractivity contribution is 5.87. The number of esters is 1. The molecule has 1 aliphatic rings. The molecule has 9 nitrogen and oxygen atoms in total. The smallest absolute Gasteiger partial charge is 0.331 e. The molecule has 0 amide bonds. The number of nitrogens with zero attached hydrogens (tertiary/aromatic N) is 1. The predicted octanol–water partition coefficient (Wildman–Crippen LogP) is 3.85.